The van der Waals surface area contributed by atoms with Crippen LogP contribution in [0.1, 0.15) is 0 Å². The van der Waals surface area contributed by atoms with Crippen molar-refractivity contribution in [1.82, 2.24) is 4.98 Å². The van der Waals surface area contributed by atoms with Gasteiger partial charge in [-0.3, -0.25) is 9.78 Å². The highest BCUT2D eigenvalue weighted by Gasteiger charge is 2.20. The summed E-state index contributed by atoms with van der Waals surface area (Å²) < 4.78 is 0. The summed E-state index contributed by atoms with van der Waals surface area (Å²) in [4.78, 5) is 25.2. The van der Waals surface area contributed by atoms with Crippen molar-refractivity contribution in [2.24, 2.45) is 5.73 Å². The van der Waals surface area contributed by atoms with Gasteiger partial charge in [-0.05, 0) is 12.1 Å². The molecule has 74 valence electrons. The Kier molecular flexibility index (Phi) is 3.14. The monoisotopic (exact) mass is 195 g/mol. The Hall–Kier alpha value is -1.95. The van der Waals surface area contributed by atoms with Crippen molar-refractivity contribution in [2.45, 2.75) is 6.04 Å². The minimum Gasteiger partial charge on any atom is -0.480 e. The first-order valence-electron chi connectivity index (χ1n) is 3.80. The minimum absolute atomic E-state index is 0.460. The van der Waals surface area contributed by atoms with E-state index in [1.807, 2.05) is 0 Å². The normalized spacial score (nSPS) is 11.8. The Balaban J connectivity index is 2.62. The summed E-state index contributed by atoms with van der Waals surface area (Å²) in [7, 11) is 0. The fourth-order valence-corrected chi connectivity index (χ4v) is 0.767. The lowest BCUT2D eigenvalue weighted by atomic mass is 10.3. The van der Waals surface area contributed by atoms with E-state index >= 15 is 0 Å². The maximum atomic E-state index is 11.1. The zero-order valence-electron chi connectivity index (χ0n) is 7.18. The highest BCUT2D eigenvalue weighted by atomic mass is 16.4. The first-order chi connectivity index (χ1) is 6.61. The number of carbonyl (C=O) groups excluding carboxylic acids is 1. The number of hydrogen-bond donors (Lipinski definition) is 3. The Morgan fingerprint density at radius 3 is 2.50 bits per heavy atom. The average molecular weight is 195 g/mol. The van der Waals surface area contributed by atoms with Crippen molar-refractivity contribution in [3.05, 3.63) is 24.5 Å². The van der Waals surface area contributed by atoms with Gasteiger partial charge in [0, 0.05) is 18.1 Å². The van der Waals surface area contributed by atoms with Crippen molar-refractivity contribution in [1.29, 1.82) is 0 Å². The first kappa shape index (κ1) is 10.1. The number of nitrogens with one attached hydrogen (secondary N) is 1. The summed E-state index contributed by atoms with van der Waals surface area (Å²) in [5.74, 6) is -2.12. The summed E-state index contributed by atoms with van der Waals surface area (Å²) in [5.41, 5.74) is 5.54. The molecule has 0 aliphatic heterocycles. The number of pyridine rings is 1. The molecular weight excluding hydrogens is 186 g/mol. The molecule has 1 aromatic heterocycles. The van der Waals surface area contributed by atoms with Crippen LogP contribution in [-0.4, -0.2) is 28.0 Å². The number of carboxylic acid groups (broad SMARTS) is 1. The third-order valence-electron chi connectivity index (χ3n) is 1.50. The van der Waals surface area contributed by atoms with Gasteiger partial charge in [0.25, 0.3) is 5.91 Å². The third-order valence-corrected chi connectivity index (χ3v) is 1.50. The fraction of sp³-hybridized carbons (Fsp3) is 0.125. The predicted octanol–water partition coefficient (Wildman–Crippen LogP) is -0.568. The summed E-state index contributed by atoms with van der Waals surface area (Å²) >= 11 is 0. The van der Waals surface area contributed by atoms with Gasteiger partial charge in [0.15, 0.2) is 6.04 Å². The van der Waals surface area contributed by atoms with Gasteiger partial charge in [0.1, 0.15) is 0 Å². The predicted molar refractivity (Wildman–Crippen MR) is 48.5 cm³/mol. The van der Waals surface area contributed by atoms with Crippen LogP contribution in [0, 0.1) is 0 Å². The number of amides is 1. The standard InChI is InChI=1S/C8H9N3O3/c9-6(8(13)14)7(12)11-5-1-3-10-4-2-5/h1-4,6H,9H2,(H,13,14)(H,10,11,12). The van der Waals surface area contributed by atoms with Crippen molar-refractivity contribution in [2.75, 3.05) is 5.32 Å². The van der Waals surface area contributed by atoms with E-state index < -0.39 is 17.9 Å². The third kappa shape index (κ3) is 2.53. The maximum Gasteiger partial charge on any atom is 0.330 e. The Morgan fingerprint density at radius 1 is 1.43 bits per heavy atom. The second-order valence-corrected chi connectivity index (χ2v) is 2.54. The molecule has 0 aromatic carbocycles. The molecule has 0 aliphatic rings. The van der Waals surface area contributed by atoms with E-state index in [0.717, 1.165) is 0 Å². The van der Waals surface area contributed by atoms with Crippen LogP contribution in [-0.2, 0) is 9.59 Å². The SMILES string of the molecule is NC(C(=O)O)C(=O)Nc1ccncc1. The zero-order chi connectivity index (χ0) is 10.6. The molecule has 0 bridgehead atoms. The second-order valence-electron chi connectivity index (χ2n) is 2.54. The minimum atomic E-state index is -1.55. The van der Waals surface area contributed by atoms with Crippen molar-refractivity contribution in [3.63, 3.8) is 0 Å². The highest BCUT2D eigenvalue weighted by Crippen LogP contribution is 2.03. The number of aliphatic carboxylic acids is 1. The van der Waals surface area contributed by atoms with Gasteiger partial charge in [-0.2, -0.15) is 0 Å². The molecule has 4 N–H and O–H groups in total. The number of nitrogens with zero attached hydrogens (tertiary/aromatic N) is 1. The lowest BCUT2D eigenvalue weighted by molar-refractivity contribution is -0.141. The number of carbonyl (C=O) groups is 2. The number of nitrogens with two attached hydrogens (primary N) is 1. The van der Waals surface area contributed by atoms with Gasteiger partial charge in [-0.15, -0.1) is 0 Å². The van der Waals surface area contributed by atoms with Gasteiger partial charge in [0.05, 0.1) is 0 Å². The lowest BCUT2D eigenvalue weighted by Crippen LogP contribution is -2.42. The van der Waals surface area contributed by atoms with Crippen LogP contribution in [0.2, 0.25) is 0 Å². The molecular formula is C8H9N3O3. The highest BCUT2D eigenvalue weighted by molar-refractivity contribution is 6.07. The van der Waals surface area contributed by atoms with E-state index in [-0.39, 0.29) is 0 Å². The van der Waals surface area contributed by atoms with Crippen molar-refractivity contribution >= 4 is 17.6 Å². The summed E-state index contributed by atoms with van der Waals surface area (Å²) in [6.07, 6.45) is 2.95. The summed E-state index contributed by atoms with van der Waals surface area (Å²) in [5, 5.41) is 10.8. The quantitative estimate of drug-likeness (QED) is 0.560. The average Bonchev–Trinajstić information content (AvgIpc) is 2.18. The molecule has 6 heteroatoms. The summed E-state index contributed by atoms with van der Waals surface area (Å²) in [6, 6.07) is 1.52. The van der Waals surface area contributed by atoms with Crippen molar-refractivity contribution < 1.29 is 14.7 Å². The second kappa shape index (κ2) is 4.33. The van der Waals surface area contributed by atoms with E-state index in [9.17, 15) is 9.59 Å². The van der Waals surface area contributed by atoms with E-state index in [0.29, 0.717) is 5.69 Å². The molecule has 6 nitrogen and oxygen atoms in total. The number of rotatable bonds is 3. The molecule has 0 aliphatic carbocycles. The van der Waals surface area contributed by atoms with Crippen LogP contribution in [0.3, 0.4) is 0 Å². The number of anilines is 1. The van der Waals surface area contributed by atoms with Gasteiger partial charge in [-0.1, -0.05) is 0 Å². The fourth-order valence-electron chi connectivity index (χ4n) is 0.767. The van der Waals surface area contributed by atoms with E-state index in [2.05, 4.69) is 10.3 Å². The Labute approximate surface area is 79.8 Å². The van der Waals surface area contributed by atoms with E-state index in [1.165, 1.54) is 24.5 Å². The van der Waals surface area contributed by atoms with Crippen LogP contribution in [0.15, 0.2) is 24.5 Å². The summed E-state index contributed by atoms with van der Waals surface area (Å²) in [6.45, 7) is 0. The Morgan fingerprint density at radius 2 is 2.00 bits per heavy atom. The van der Waals surface area contributed by atoms with Crippen LogP contribution in [0.25, 0.3) is 0 Å². The largest absolute Gasteiger partial charge is 0.480 e. The number of hydrogen-bond acceptors (Lipinski definition) is 4. The molecule has 1 heterocycles. The molecule has 1 aromatic rings. The number of carboxylic acids is 1. The van der Waals surface area contributed by atoms with Crippen LogP contribution < -0.4 is 11.1 Å². The zero-order valence-corrected chi connectivity index (χ0v) is 7.18. The van der Waals surface area contributed by atoms with Crippen LogP contribution in [0.5, 0.6) is 0 Å². The molecule has 1 atom stereocenters. The Bertz CT molecular complexity index is 339. The van der Waals surface area contributed by atoms with Crippen molar-refractivity contribution in [3.8, 4) is 0 Å². The molecule has 14 heavy (non-hydrogen) atoms. The van der Waals surface area contributed by atoms with E-state index in [4.69, 9.17) is 10.8 Å². The molecule has 0 fully saturated rings. The molecule has 1 rings (SSSR count). The molecule has 0 saturated carbocycles. The number of aromatic nitrogens is 1. The topological polar surface area (TPSA) is 105 Å². The van der Waals surface area contributed by atoms with Crippen LogP contribution in [0.4, 0.5) is 5.69 Å². The molecule has 0 spiro atoms. The van der Waals surface area contributed by atoms with Gasteiger partial charge in [-0.25, -0.2) is 4.79 Å². The van der Waals surface area contributed by atoms with Gasteiger partial charge >= 0.3 is 5.97 Å². The molecule has 0 radical (unpaired) electrons. The lowest BCUT2D eigenvalue weighted by Gasteiger charge is -2.07. The molecule has 1 unspecified atom stereocenters. The van der Waals surface area contributed by atoms with Crippen LogP contribution >= 0.6 is 0 Å². The molecule has 0 saturated heterocycles. The van der Waals surface area contributed by atoms with E-state index in [1.54, 1.807) is 0 Å². The van der Waals surface area contributed by atoms with Gasteiger partial charge < -0.3 is 16.2 Å². The smallest absolute Gasteiger partial charge is 0.330 e. The molecule has 1 amide bonds. The maximum absolute atomic E-state index is 11.1. The van der Waals surface area contributed by atoms with Gasteiger partial charge in [0.2, 0.25) is 0 Å². The first-order valence-corrected chi connectivity index (χ1v) is 3.80.